The van der Waals surface area contributed by atoms with Gasteiger partial charge in [0.1, 0.15) is 6.61 Å². The fraction of sp³-hybridized carbons (Fsp3) is 0.786. The van der Waals surface area contributed by atoms with Crippen molar-refractivity contribution in [1.82, 2.24) is 10.2 Å². The van der Waals surface area contributed by atoms with E-state index in [4.69, 9.17) is 4.74 Å². The third kappa shape index (κ3) is 5.19. The highest BCUT2D eigenvalue weighted by molar-refractivity contribution is 5.77. The number of likely N-dealkylation sites (N-methyl/N-ethyl adjacent to an activating group) is 1. The van der Waals surface area contributed by atoms with Gasteiger partial charge in [0, 0.05) is 20.2 Å². The van der Waals surface area contributed by atoms with Crippen LogP contribution >= 0.6 is 0 Å². The molecule has 4 heteroatoms. The highest BCUT2D eigenvalue weighted by atomic mass is 16.5. The van der Waals surface area contributed by atoms with E-state index in [9.17, 15) is 4.79 Å². The maximum absolute atomic E-state index is 11.7. The largest absolute Gasteiger partial charge is 0.375 e. The predicted molar refractivity (Wildman–Crippen MR) is 73.5 cm³/mol. The van der Waals surface area contributed by atoms with Crippen LogP contribution in [0.4, 0.5) is 0 Å². The lowest BCUT2D eigenvalue weighted by Crippen LogP contribution is -2.42. The van der Waals surface area contributed by atoms with Crippen LogP contribution in [-0.2, 0) is 9.53 Å². The van der Waals surface area contributed by atoms with Crippen LogP contribution in [0, 0.1) is 5.92 Å². The molecule has 1 aliphatic heterocycles. The van der Waals surface area contributed by atoms with Crippen LogP contribution in [0.5, 0.6) is 0 Å². The van der Waals surface area contributed by atoms with Crippen molar-refractivity contribution >= 4 is 5.91 Å². The Kier molecular flexibility index (Phi) is 6.36. The molecule has 18 heavy (non-hydrogen) atoms. The minimum absolute atomic E-state index is 0.0303. The standard InChI is InChI=1S/C14H26N2O2/c1-11(2)8-13(15-14(17)10-18-4)12-6-5-7-16(3)9-12/h6,11,13H,5,7-10H2,1-4H3,(H,15,17)/t13-/m1/s1. The zero-order valence-corrected chi connectivity index (χ0v) is 12.0. The quantitative estimate of drug-likeness (QED) is 0.729. The Morgan fingerprint density at radius 2 is 2.28 bits per heavy atom. The van der Waals surface area contributed by atoms with Gasteiger partial charge in [0.25, 0.3) is 0 Å². The van der Waals surface area contributed by atoms with E-state index >= 15 is 0 Å². The van der Waals surface area contributed by atoms with E-state index < -0.39 is 0 Å². The number of carbonyl (C=O) groups excluding carboxylic acids is 1. The molecular weight excluding hydrogens is 228 g/mol. The summed E-state index contributed by atoms with van der Waals surface area (Å²) in [6.45, 7) is 6.55. The number of methoxy groups -OCH3 is 1. The molecule has 104 valence electrons. The Hall–Kier alpha value is -0.870. The van der Waals surface area contributed by atoms with E-state index in [1.54, 1.807) is 7.11 Å². The molecule has 1 amide bonds. The summed E-state index contributed by atoms with van der Waals surface area (Å²) in [6.07, 6.45) is 4.33. The fourth-order valence-electron chi connectivity index (χ4n) is 2.32. The first-order valence-electron chi connectivity index (χ1n) is 6.68. The van der Waals surface area contributed by atoms with Crippen LogP contribution in [0.3, 0.4) is 0 Å². The second-order valence-electron chi connectivity index (χ2n) is 5.49. The maximum atomic E-state index is 11.7. The molecule has 0 aromatic rings. The lowest BCUT2D eigenvalue weighted by Gasteiger charge is -2.30. The van der Waals surface area contributed by atoms with E-state index in [2.05, 4.69) is 37.2 Å². The van der Waals surface area contributed by atoms with Crippen LogP contribution in [0.25, 0.3) is 0 Å². The Morgan fingerprint density at radius 3 is 2.83 bits per heavy atom. The van der Waals surface area contributed by atoms with E-state index in [1.807, 2.05) is 0 Å². The Bertz CT molecular complexity index is 300. The Balaban J connectivity index is 2.65. The number of rotatable bonds is 6. The van der Waals surface area contributed by atoms with Crippen LogP contribution in [0.1, 0.15) is 26.7 Å². The monoisotopic (exact) mass is 254 g/mol. The molecular formula is C14H26N2O2. The molecule has 0 aromatic carbocycles. The highest BCUT2D eigenvalue weighted by Crippen LogP contribution is 2.17. The molecule has 0 fully saturated rings. The molecule has 1 aliphatic rings. The van der Waals surface area contributed by atoms with E-state index in [-0.39, 0.29) is 18.6 Å². The van der Waals surface area contributed by atoms with Crippen molar-refractivity contribution in [2.24, 2.45) is 5.92 Å². The molecule has 0 aromatic heterocycles. The van der Waals surface area contributed by atoms with Crippen molar-refractivity contribution in [2.75, 3.05) is 33.9 Å². The summed E-state index contributed by atoms with van der Waals surface area (Å²) in [5.74, 6) is 0.531. The SMILES string of the molecule is COCC(=O)N[C@H](CC(C)C)C1=CCCN(C)C1. The molecule has 1 heterocycles. The minimum Gasteiger partial charge on any atom is -0.375 e. The van der Waals surface area contributed by atoms with Gasteiger partial charge in [0.2, 0.25) is 5.91 Å². The highest BCUT2D eigenvalue weighted by Gasteiger charge is 2.21. The molecule has 1 N–H and O–H groups in total. The summed E-state index contributed by atoms with van der Waals surface area (Å²) in [5, 5.41) is 3.08. The van der Waals surface area contributed by atoms with Crippen LogP contribution in [0.15, 0.2) is 11.6 Å². The van der Waals surface area contributed by atoms with E-state index in [0.29, 0.717) is 5.92 Å². The lowest BCUT2D eigenvalue weighted by atomic mass is 9.94. The van der Waals surface area contributed by atoms with Crippen molar-refractivity contribution < 1.29 is 9.53 Å². The zero-order valence-electron chi connectivity index (χ0n) is 12.0. The fourth-order valence-corrected chi connectivity index (χ4v) is 2.32. The third-order valence-electron chi connectivity index (χ3n) is 3.14. The number of nitrogens with one attached hydrogen (secondary N) is 1. The Morgan fingerprint density at radius 1 is 1.56 bits per heavy atom. The molecule has 0 radical (unpaired) electrons. The minimum atomic E-state index is -0.0303. The van der Waals surface area contributed by atoms with Crippen LogP contribution < -0.4 is 5.32 Å². The second kappa shape index (κ2) is 7.54. The van der Waals surface area contributed by atoms with E-state index in [0.717, 1.165) is 25.9 Å². The molecule has 0 unspecified atom stereocenters. The number of hydrogen-bond acceptors (Lipinski definition) is 3. The van der Waals surface area contributed by atoms with Gasteiger partial charge in [-0.2, -0.15) is 0 Å². The van der Waals surface area contributed by atoms with Gasteiger partial charge in [0.05, 0.1) is 6.04 Å². The topological polar surface area (TPSA) is 41.6 Å². The van der Waals surface area contributed by atoms with Crippen molar-refractivity contribution in [3.8, 4) is 0 Å². The first-order valence-corrected chi connectivity index (χ1v) is 6.68. The molecule has 0 saturated heterocycles. The van der Waals surface area contributed by atoms with E-state index in [1.165, 1.54) is 5.57 Å². The van der Waals surface area contributed by atoms with Gasteiger partial charge in [-0.05, 0) is 31.4 Å². The molecule has 1 atom stereocenters. The van der Waals surface area contributed by atoms with Crippen LogP contribution in [0.2, 0.25) is 0 Å². The molecule has 0 bridgehead atoms. The second-order valence-corrected chi connectivity index (χ2v) is 5.49. The maximum Gasteiger partial charge on any atom is 0.246 e. The summed E-state index contributed by atoms with van der Waals surface area (Å²) in [5.41, 5.74) is 1.34. The normalized spacial score (nSPS) is 18.6. The van der Waals surface area contributed by atoms with Crippen molar-refractivity contribution in [2.45, 2.75) is 32.7 Å². The summed E-state index contributed by atoms with van der Waals surface area (Å²) in [6, 6.07) is 0.149. The van der Waals surface area contributed by atoms with Gasteiger partial charge in [0.15, 0.2) is 0 Å². The third-order valence-corrected chi connectivity index (χ3v) is 3.14. The molecule has 0 spiro atoms. The van der Waals surface area contributed by atoms with Gasteiger partial charge in [-0.3, -0.25) is 4.79 Å². The molecule has 4 nitrogen and oxygen atoms in total. The molecule has 1 rings (SSSR count). The summed E-state index contributed by atoms with van der Waals surface area (Å²) >= 11 is 0. The average molecular weight is 254 g/mol. The van der Waals surface area contributed by atoms with Gasteiger partial charge < -0.3 is 15.0 Å². The van der Waals surface area contributed by atoms with Crippen LogP contribution in [-0.4, -0.2) is 50.7 Å². The summed E-state index contributed by atoms with van der Waals surface area (Å²) < 4.78 is 4.88. The van der Waals surface area contributed by atoms with Crippen molar-refractivity contribution in [3.63, 3.8) is 0 Å². The first-order chi connectivity index (χ1) is 8.52. The first kappa shape index (κ1) is 15.2. The zero-order chi connectivity index (χ0) is 13.5. The Labute approximate surface area is 110 Å². The lowest BCUT2D eigenvalue weighted by molar-refractivity contribution is -0.125. The smallest absolute Gasteiger partial charge is 0.246 e. The summed E-state index contributed by atoms with van der Waals surface area (Å²) in [4.78, 5) is 14.0. The summed E-state index contributed by atoms with van der Waals surface area (Å²) in [7, 11) is 3.67. The molecule has 0 saturated carbocycles. The number of nitrogens with zero attached hydrogens (tertiary/aromatic N) is 1. The number of ether oxygens (including phenoxy) is 1. The van der Waals surface area contributed by atoms with Gasteiger partial charge in [-0.15, -0.1) is 0 Å². The van der Waals surface area contributed by atoms with Crippen molar-refractivity contribution in [3.05, 3.63) is 11.6 Å². The number of hydrogen-bond donors (Lipinski definition) is 1. The van der Waals surface area contributed by atoms with Gasteiger partial charge >= 0.3 is 0 Å². The van der Waals surface area contributed by atoms with Crippen molar-refractivity contribution in [1.29, 1.82) is 0 Å². The van der Waals surface area contributed by atoms with Gasteiger partial charge in [-0.1, -0.05) is 19.9 Å². The van der Waals surface area contributed by atoms with Gasteiger partial charge in [-0.25, -0.2) is 0 Å². The number of carbonyl (C=O) groups is 1. The average Bonchev–Trinajstić information content (AvgIpc) is 2.28. The predicted octanol–water partition coefficient (Wildman–Crippen LogP) is 1.43. The number of amides is 1. The molecule has 0 aliphatic carbocycles.